The zero-order valence-corrected chi connectivity index (χ0v) is 41.3. The Morgan fingerprint density at radius 2 is 0.635 bits per heavy atom. The molecule has 0 saturated carbocycles. The maximum Gasteiger partial charge on any atom is 0.306 e. The second kappa shape index (κ2) is 51.5. The standard InChI is InChI=1S/C57H98O6/c1-4-7-10-13-16-19-22-25-27-28-30-32-35-38-41-44-47-50-56(59)62-53-54(52-61-55(58)49-46-43-40-37-34-31-24-21-18-15-12-9-6-3)63-57(60)51-48-45-42-39-36-33-29-26-23-20-17-14-11-8-5-2/h7,10,16,19,25-27,29-30,32,38,41,54H,4-6,8-9,11-15,17-18,20-24,28,31,33-37,39-40,42-53H2,1-3H3/b10-7-,19-16-,27-25-,29-26-,32-30-,41-38-/t54-/m0/s1. The van der Waals surface area contributed by atoms with E-state index in [0.717, 1.165) is 89.9 Å². The van der Waals surface area contributed by atoms with Crippen LogP contribution in [0.2, 0.25) is 0 Å². The molecule has 0 radical (unpaired) electrons. The molecule has 6 nitrogen and oxygen atoms in total. The molecule has 0 N–H and O–H groups in total. The predicted molar refractivity (Wildman–Crippen MR) is 270 cm³/mol. The topological polar surface area (TPSA) is 78.9 Å². The summed E-state index contributed by atoms with van der Waals surface area (Å²) < 4.78 is 16.8. The molecule has 0 aliphatic rings. The third-order valence-corrected chi connectivity index (χ3v) is 11.2. The Hall–Kier alpha value is -3.15. The Morgan fingerprint density at radius 3 is 1.05 bits per heavy atom. The molecule has 362 valence electrons. The molecule has 1 atom stereocenters. The maximum absolute atomic E-state index is 12.8. The van der Waals surface area contributed by atoms with Crippen LogP contribution in [0, 0.1) is 0 Å². The summed E-state index contributed by atoms with van der Waals surface area (Å²) in [5.41, 5.74) is 0. The summed E-state index contributed by atoms with van der Waals surface area (Å²) in [6.45, 7) is 6.47. The van der Waals surface area contributed by atoms with Crippen molar-refractivity contribution < 1.29 is 28.6 Å². The molecule has 0 aromatic carbocycles. The number of hydrogen-bond donors (Lipinski definition) is 0. The van der Waals surface area contributed by atoms with Gasteiger partial charge in [0.15, 0.2) is 6.10 Å². The monoisotopic (exact) mass is 879 g/mol. The fourth-order valence-corrected chi connectivity index (χ4v) is 7.24. The second-order valence-electron chi connectivity index (χ2n) is 17.4. The number of carbonyl (C=O) groups is 3. The number of carbonyl (C=O) groups excluding carboxylic acids is 3. The van der Waals surface area contributed by atoms with Gasteiger partial charge in [-0.05, 0) is 83.5 Å². The SMILES string of the molecule is CC/C=C\C/C=C\C/C=C\C/C=C\C/C=C\CCCC(=O)OC[C@H](COC(=O)CCCCCCCCCCCCCCC)OC(=O)CCCCCCC/C=C\CCCCCCCC. The lowest BCUT2D eigenvalue weighted by Crippen LogP contribution is -2.30. The number of unbranched alkanes of at least 4 members (excludes halogenated alkanes) is 24. The Labute approximate surface area is 389 Å². The van der Waals surface area contributed by atoms with E-state index in [0.29, 0.717) is 19.3 Å². The van der Waals surface area contributed by atoms with E-state index in [1.807, 2.05) is 0 Å². The van der Waals surface area contributed by atoms with Crippen molar-refractivity contribution in [3.05, 3.63) is 72.9 Å². The molecule has 63 heavy (non-hydrogen) atoms. The largest absolute Gasteiger partial charge is 0.462 e. The average molecular weight is 879 g/mol. The van der Waals surface area contributed by atoms with E-state index < -0.39 is 6.10 Å². The summed E-state index contributed by atoms with van der Waals surface area (Å²) in [4.78, 5) is 38.0. The molecule has 6 heteroatoms. The van der Waals surface area contributed by atoms with Gasteiger partial charge in [0.1, 0.15) is 13.2 Å². The Kier molecular flexibility index (Phi) is 48.9. The third-order valence-electron chi connectivity index (χ3n) is 11.2. The fraction of sp³-hybridized carbons (Fsp3) is 0.737. The van der Waals surface area contributed by atoms with Crippen molar-refractivity contribution in [2.24, 2.45) is 0 Å². The highest BCUT2D eigenvalue weighted by Crippen LogP contribution is 2.15. The zero-order valence-electron chi connectivity index (χ0n) is 41.3. The lowest BCUT2D eigenvalue weighted by molar-refractivity contribution is -0.167. The molecule has 0 aromatic rings. The Balaban J connectivity index is 4.48. The highest BCUT2D eigenvalue weighted by molar-refractivity contribution is 5.71. The van der Waals surface area contributed by atoms with Crippen molar-refractivity contribution >= 4 is 17.9 Å². The molecular weight excluding hydrogens is 781 g/mol. The molecule has 0 spiro atoms. The van der Waals surface area contributed by atoms with Crippen LogP contribution in [0.15, 0.2) is 72.9 Å². The number of esters is 3. The first-order valence-electron chi connectivity index (χ1n) is 26.4. The molecule has 0 aliphatic heterocycles. The van der Waals surface area contributed by atoms with Crippen LogP contribution in [0.25, 0.3) is 0 Å². The minimum absolute atomic E-state index is 0.0945. The lowest BCUT2D eigenvalue weighted by atomic mass is 10.0. The molecule has 0 fully saturated rings. The van der Waals surface area contributed by atoms with Crippen molar-refractivity contribution in [3.63, 3.8) is 0 Å². The Bertz CT molecular complexity index is 1190. The number of allylic oxidation sites excluding steroid dienone is 12. The lowest BCUT2D eigenvalue weighted by Gasteiger charge is -2.18. The smallest absolute Gasteiger partial charge is 0.306 e. The summed E-state index contributed by atoms with van der Waals surface area (Å²) in [7, 11) is 0. The van der Waals surface area contributed by atoms with E-state index in [2.05, 4.69) is 93.7 Å². The van der Waals surface area contributed by atoms with Crippen molar-refractivity contribution in [3.8, 4) is 0 Å². The first kappa shape index (κ1) is 59.9. The van der Waals surface area contributed by atoms with Crippen LogP contribution in [-0.2, 0) is 28.6 Å². The second-order valence-corrected chi connectivity index (χ2v) is 17.4. The number of hydrogen-bond acceptors (Lipinski definition) is 6. The van der Waals surface area contributed by atoms with Gasteiger partial charge >= 0.3 is 17.9 Å². The van der Waals surface area contributed by atoms with Gasteiger partial charge in [-0.25, -0.2) is 0 Å². The molecule has 0 heterocycles. The van der Waals surface area contributed by atoms with Gasteiger partial charge in [0.25, 0.3) is 0 Å². The Morgan fingerprint density at radius 1 is 0.333 bits per heavy atom. The minimum Gasteiger partial charge on any atom is -0.462 e. The predicted octanol–water partition coefficient (Wildman–Crippen LogP) is 17.4. The molecular formula is C57H98O6. The van der Waals surface area contributed by atoms with Gasteiger partial charge in [-0.1, -0.05) is 222 Å². The van der Waals surface area contributed by atoms with E-state index >= 15 is 0 Å². The third kappa shape index (κ3) is 49.7. The summed E-state index contributed by atoms with van der Waals surface area (Å²) in [6.07, 6.45) is 64.6. The highest BCUT2D eigenvalue weighted by Gasteiger charge is 2.19. The van der Waals surface area contributed by atoms with E-state index in [1.165, 1.54) is 116 Å². The van der Waals surface area contributed by atoms with E-state index in [4.69, 9.17) is 14.2 Å². The van der Waals surface area contributed by atoms with Crippen LogP contribution in [0.5, 0.6) is 0 Å². The average Bonchev–Trinajstić information content (AvgIpc) is 3.28. The van der Waals surface area contributed by atoms with E-state index in [-0.39, 0.29) is 37.5 Å². The quantitative estimate of drug-likeness (QED) is 0.0262. The summed E-state index contributed by atoms with van der Waals surface area (Å²) in [5.74, 6) is -0.960. The molecule has 0 aromatic heterocycles. The first-order chi connectivity index (χ1) is 31.0. The van der Waals surface area contributed by atoms with Crippen LogP contribution < -0.4 is 0 Å². The van der Waals surface area contributed by atoms with Crippen LogP contribution in [0.1, 0.15) is 252 Å². The van der Waals surface area contributed by atoms with Gasteiger partial charge < -0.3 is 14.2 Å². The van der Waals surface area contributed by atoms with Gasteiger partial charge in [-0.15, -0.1) is 0 Å². The number of ether oxygens (including phenoxy) is 3. The van der Waals surface area contributed by atoms with E-state index in [1.54, 1.807) is 0 Å². The van der Waals surface area contributed by atoms with Crippen LogP contribution in [-0.4, -0.2) is 37.2 Å². The van der Waals surface area contributed by atoms with Crippen LogP contribution in [0.4, 0.5) is 0 Å². The summed E-state index contributed by atoms with van der Waals surface area (Å²) in [6, 6.07) is 0. The molecule has 0 unspecified atom stereocenters. The van der Waals surface area contributed by atoms with Gasteiger partial charge in [-0.3, -0.25) is 14.4 Å². The van der Waals surface area contributed by atoms with Gasteiger partial charge in [0.05, 0.1) is 0 Å². The van der Waals surface area contributed by atoms with E-state index in [9.17, 15) is 14.4 Å². The molecule has 0 aliphatic carbocycles. The fourth-order valence-electron chi connectivity index (χ4n) is 7.24. The van der Waals surface area contributed by atoms with Crippen LogP contribution in [0.3, 0.4) is 0 Å². The van der Waals surface area contributed by atoms with Crippen molar-refractivity contribution in [2.75, 3.05) is 13.2 Å². The van der Waals surface area contributed by atoms with Crippen molar-refractivity contribution in [1.29, 1.82) is 0 Å². The maximum atomic E-state index is 12.8. The van der Waals surface area contributed by atoms with Crippen LogP contribution >= 0.6 is 0 Å². The molecule has 0 amide bonds. The zero-order chi connectivity index (χ0) is 45.8. The van der Waals surface area contributed by atoms with Gasteiger partial charge in [-0.2, -0.15) is 0 Å². The van der Waals surface area contributed by atoms with Gasteiger partial charge in [0, 0.05) is 19.3 Å². The molecule has 0 bridgehead atoms. The first-order valence-corrected chi connectivity index (χ1v) is 26.4. The highest BCUT2D eigenvalue weighted by atomic mass is 16.6. The summed E-state index contributed by atoms with van der Waals surface area (Å²) in [5, 5.41) is 0. The minimum atomic E-state index is -0.800. The number of rotatable bonds is 47. The summed E-state index contributed by atoms with van der Waals surface area (Å²) >= 11 is 0. The van der Waals surface area contributed by atoms with Crippen molar-refractivity contribution in [2.45, 2.75) is 258 Å². The molecule has 0 rings (SSSR count). The molecule has 0 saturated heterocycles. The van der Waals surface area contributed by atoms with Crippen molar-refractivity contribution in [1.82, 2.24) is 0 Å². The van der Waals surface area contributed by atoms with Gasteiger partial charge in [0.2, 0.25) is 0 Å². The normalized spacial score (nSPS) is 12.6.